The van der Waals surface area contributed by atoms with E-state index in [1.807, 2.05) is 0 Å². The molecule has 24 heavy (non-hydrogen) atoms. The zero-order chi connectivity index (χ0) is 17.1. The highest BCUT2D eigenvalue weighted by molar-refractivity contribution is 6.11. The lowest BCUT2D eigenvalue weighted by Gasteiger charge is -2.31. The third kappa shape index (κ3) is 3.08. The largest absolute Gasteiger partial charge is 0.478 e. The molecule has 0 aromatic heterocycles. The number of carbonyl (C=O) groups is 2. The minimum atomic E-state index is -0.874. The fourth-order valence-corrected chi connectivity index (χ4v) is 2.61. The van der Waals surface area contributed by atoms with Crippen molar-refractivity contribution in [2.45, 2.75) is 19.4 Å². The van der Waals surface area contributed by atoms with E-state index in [0.717, 1.165) is 0 Å². The number of hydrogen-bond acceptors (Lipinski definition) is 3. The second-order valence-corrected chi connectivity index (χ2v) is 5.43. The number of halogens is 1. The molecule has 1 atom stereocenters. The Morgan fingerprint density at radius 1 is 1.25 bits per heavy atom. The lowest BCUT2D eigenvalue weighted by molar-refractivity contribution is -0.127. The average molecular weight is 328 g/mol. The lowest BCUT2D eigenvalue weighted by Crippen LogP contribution is -2.48. The van der Waals surface area contributed by atoms with Crippen LogP contribution in [0.2, 0.25) is 0 Å². The number of hydrogen-bond donors (Lipinski definition) is 1. The average Bonchev–Trinajstić information content (AvgIpc) is 2.59. The number of fused-ring (bicyclic) bond motifs is 1. The Hall–Kier alpha value is -2.89. The van der Waals surface area contributed by atoms with Gasteiger partial charge < -0.3 is 10.1 Å². The molecule has 1 aliphatic rings. The molecule has 0 spiro atoms. The van der Waals surface area contributed by atoms with Gasteiger partial charge >= 0.3 is 0 Å². The first kappa shape index (κ1) is 16.0. The molecular formula is C18H17FN2O3. The van der Waals surface area contributed by atoms with Crippen LogP contribution in [0.25, 0.3) is 0 Å². The number of benzene rings is 2. The van der Waals surface area contributed by atoms with Crippen LogP contribution in [0.15, 0.2) is 48.5 Å². The predicted octanol–water partition coefficient (Wildman–Crippen LogP) is 2.97. The van der Waals surface area contributed by atoms with Crippen LogP contribution in [0, 0.1) is 5.82 Å². The van der Waals surface area contributed by atoms with Gasteiger partial charge in [0, 0.05) is 0 Å². The van der Waals surface area contributed by atoms with E-state index in [1.165, 1.54) is 17.0 Å². The van der Waals surface area contributed by atoms with Crippen LogP contribution in [-0.4, -0.2) is 24.5 Å². The molecule has 124 valence electrons. The number of carbonyl (C=O) groups excluding carboxylic acids is 2. The summed E-state index contributed by atoms with van der Waals surface area (Å²) in [6, 6.07) is 13.0. The molecule has 0 unspecified atom stereocenters. The van der Waals surface area contributed by atoms with Crippen molar-refractivity contribution >= 4 is 23.2 Å². The van der Waals surface area contributed by atoms with E-state index in [9.17, 15) is 14.0 Å². The topological polar surface area (TPSA) is 58.6 Å². The maximum Gasteiger partial charge on any atom is 0.268 e. The summed E-state index contributed by atoms with van der Waals surface area (Å²) in [4.78, 5) is 26.1. The van der Waals surface area contributed by atoms with Gasteiger partial charge in [0.2, 0.25) is 5.91 Å². The number of anilines is 2. The highest BCUT2D eigenvalue weighted by atomic mass is 19.1. The van der Waals surface area contributed by atoms with Crippen molar-refractivity contribution in [1.29, 1.82) is 0 Å². The van der Waals surface area contributed by atoms with Crippen molar-refractivity contribution in [2.24, 2.45) is 0 Å². The van der Waals surface area contributed by atoms with Gasteiger partial charge in [0.05, 0.1) is 11.4 Å². The molecule has 0 aliphatic carbocycles. The Labute approximate surface area is 139 Å². The smallest absolute Gasteiger partial charge is 0.268 e. The first-order valence-corrected chi connectivity index (χ1v) is 7.71. The Morgan fingerprint density at radius 2 is 1.96 bits per heavy atom. The quantitative estimate of drug-likeness (QED) is 0.939. The van der Waals surface area contributed by atoms with Crippen LogP contribution < -0.4 is 15.0 Å². The van der Waals surface area contributed by atoms with Crippen molar-refractivity contribution in [3.63, 3.8) is 0 Å². The first-order chi connectivity index (χ1) is 11.6. The highest BCUT2D eigenvalue weighted by Crippen LogP contribution is 2.30. The summed E-state index contributed by atoms with van der Waals surface area (Å²) in [5.74, 6) is -1.15. The molecule has 2 aromatic carbocycles. The van der Waals surface area contributed by atoms with Gasteiger partial charge in [-0.2, -0.15) is 0 Å². The van der Waals surface area contributed by atoms with Gasteiger partial charge in [0.1, 0.15) is 6.54 Å². The van der Waals surface area contributed by atoms with E-state index >= 15 is 0 Å². The van der Waals surface area contributed by atoms with Crippen molar-refractivity contribution in [1.82, 2.24) is 0 Å². The minimum absolute atomic E-state index is 0.0208. The molecular weight excluding hydrogens is 311 g/mol. The van der Waals surface area contributed by atoms with Crippen LogP contribution in [-0.2, 0) is 9.59 Å². The fraction of sp³-hybridized carbons (Fsp3) is 0.222. The molecule has 0 saturated heterocycles. The summed E-state index contributed by atoms with van der Waals surface area (Å²) in [5.41, 5.74) is 1.18. The van der Waals surface area contributed by atoms with E-state index in [-0.39, 0.29) is 24.1 Å². The molecule has 0 fully saturated rings. The SMILES string of the molecule is CC[C@H](Oc1ccccc1F)C(=O)N1CC(=O)Nc2ccccc21. The maximum atomic E-state index is 13.8. The van der Waals surface area contributed by atoms with Gasteiger partial charge in [-0.25, -0.2) is 4.39 Å². The van der Waals surface area contributed by atoms with Crippen LogP contribution in [0.4, 0.5) is 15.8 Å². The Morgan fingerprint density at radius 3 is 2.71 bits per heavy atom. The maximum absolute atomic E-state index is 13.8. The number of rotatable bonds is 4. The Balaban J connectivity index is 1.87. The first-order valence-electron chi connectivity index (χ1n) is 7.71. The van der Waals surface area contributed by atoms with Gasteiger partial charge in [-0.3, -0.25) is 14.5 Å². The van der Waals surface area contributed by atoms with Crippen LogP contribution >= 0.6 is 0 Å². The van der Waals surface area contributed by atoms with Crippen molar-refractivity contribution in [3.8, 4) is 5.75 Å². The highest BCUT2D eigenvalue weighted by Gasteiger charge is 2.32. The molecule has 0 radical (unpaired) electrons. The van der Waals surface area contributed by atoms with Crippen LogP contribution in [0.3, 0.4) is 0 Å². The van der Waals surface area contributed by atoms with E-state index in [4.69, 9.17) is 4.74 Å². The standard InChI is InChI=1S/C18H17FN2O3/c1-2-15(24-16-10-6-3-7-12(16)19)18(23)21-11-17(22)20-13-8-4-5-9-14(13)21/h3-10,15H,2,11H2,1H3,(H,20,22)/t15-/m0/s1. The number of nitrogens with zero attached hydrogens (tertiary/aromatic N) is 1. The predicted molar refractivity (Wildman–Crippen MR) is 88.5 cm³/mol. The number of para-hydroxylation sites is 3. The third-order valence-corrected chi connectivity index (χ3v) is 3.79. The summed E-state index contributed by atoms with van der Waals surface area (Å²) >= 11 is 0. The van der Waals surface area contributed by atoms with Crippen LogP contribution in [0.5, 0.6) is 5.75 Å². The normalized spacial score (nSPS) is 14.6. The molecule has 2 amide bonds. The molecule has 1 aliphatic heterocycles. The van der Waals surface area contributed by atoms with Gasteiger partial charge in [-0.05, 0) is 30.7 Å². The molecule has 1 heterocycles. The summed E-state index contributed by atoms with van der Waals surface area (Å²) in [6.45, 7) is 1.69. The minimum Gasteiger partial charge on any atom is -0.478 e. The lowest BCUT2D eigenvalue weighted by atomic mass is 10.1. The number of nitrogens with one attached hydrogen (secondary N) is 1. The summed E-state index contributed by atoms with van der Waals surface area (Å²) in [5, 5.41) is 2.73. The van der Waals surface area contributed by atoms with Crippen molar-refractivity contribution < 1.29 is 18.7 Å². The van der Waals surface area contributed by atoms with Crippen molar-refractivity contribution in [2.75, 3.05) is 16.8 Å². The fourth-order valence-electron chi connectivity index (χ4n) is 2.61. The number of amides is 2. The van der Waals surface area contributed by atoms with Crippen LogP contribution in [0.1, 0.15) is 13.3 Å². The molecule has 0 saturated carbocycles. The summed E-state index contributed by atoms with van der Waals surface area (Å²) < 4.78 is 19.3. The van der Waals surface area contributed by atoms with E-state index in [0.29, 0.717) is 17.8 Å². The molecule has 2 aromatic rings. The van der Waals surface area contributed by atoms with Crippen molar-refractivity contribution in [3.05, 3.63) is 54.3 Å². The van der Waals surface area contributed by atoms with E-state index < -0.39 is 11.9 Å². The second-order valence-electron chi connectivity index (χ2n) is 5.43. The van der Waals surface area contributed by atoms with E-state index in [2.05, 4.69) is 5.32 Å². The van der Waals surface area contributed by atoms with E-state index in [1.54, 1.807) is 43.3 Å². The monoisotopic (exact) mass is 328 g/mol. The van der Waals surface area contributed by atoms with Gasteiger partial charge in [-0.15, -0.1) is 0 Å². The number of ether oxygens (including phenoxy) is 1. The molecule has 5 nitrogen and oxygen atoms in total. The molecule has 6 heteroatoms. The van der Waals surface area contributed by atoms with Gasteiger partial charge in [0.25, 0.3) is 5.91 Å². The summed E-state index contributed by atoms with van der Waals surface area (Å²) in [6.07, 6.45) is -0.520. The van der Waals surface area contributed by atoms with Gasteiger partial charge in [0.15, 0.2) is 17.7 Å². The second kappa shape index (κ2) is 6.70. The third-order valence-electron chi connectivity index (χ3n) is 3.79. The zero-order valence-electron chi connectivity index (χ0n) is 13.2. The Bertz CT molecular complexity index is 778. The molecule has 0 bridgehead atoms. The zero-order valence-corrected chi connectivity index (χ0v) is 13.2. The van der Waals surface area contributed by atoms with Gasteiger partial charge in [-0.1, -0.05) is 31.2 Å². The summed E-state index contributed by atoms with van der Waals surface area (Å²) in [7, 11) is 0. The molecule has 1 N–H and O–H groups in total. The Kier molecular flexibility index (Phi) is 4.46. The molecule has 3 rings (SSSR count).